The number of amides is 1. The van der Waals surface area contributed by atoms with Gasteiger partial charge in [-0.2, -0.15) is 0 Å². The molecule has 1 unspecified atom stereocenters. The Morgan fingerprint density at radius 1 is 1.26 bits per heavy atom. The maximum Gasteiger partial charge on any atom is 0.341 e. The Labute approximate surface area is 185 Å². The zero-order valence-corrected chi connectivity index (χ0v) is 19.2. The number of thiophene rings is 1. The van der Waals surface area contributed by atoms with Crippen molar-refractivity contribution in [2.45, 2.75) is 38.7 Å². The normalized spacial score (nSPS) is 17.9. The summed E-state index contributed by atoms with van der Waals surface area (Å²) in [6, 6.07) is 5.17. The number of fused-ring (bicyclic) bond motifs is 2. The van der Waals surface area contributed by atoms with E-state index in [0.717, 1.165) is 47.9 Å². The molecule has 1 aromatic heterocycles. The molecule has 1 aliphatic carbocycles. The van der Waals surface area contributed by atoms with Gasteiger partial charge in [-0.3, -0.25) is 9.10 Å². The van der Waals surface area contributed by atoms with Crippen LogP contribution >= 0.6 is 11.3 Å². The number of rotatable bonds is 4. The number of benzene rings is 1. The zero-order chi connectivity index (χ0) is 22.3. The van der Waals surface area contributed by atoms with E-state index in [1.807, 2.05) is 6.92 Å². The molecule has 1 atom stereocenters. The lowest BCUT2D eigenvalue weighted by Crippen LogP contribution is -2.48. The number of ether oxygens (including phenoxy) is 2. The van der Waals surface area contributed by atoms with Crippen molar-refractivity contribution in [3.63, 3.8) is 0 Å². The second-order valence-electron chi connectivity index (χ2n) is 7.77. The summed E-state index contributed by atoms with van der Waals surface area (Å²) in [7, 11) is -2.31. The minimum atomic E-state index is -3.62. The van der Waals surface area contributed by atoms with Gasteiger partial charge in [-0.15, -0.1) is 11.3 Å². The molecule has 31 heavy (non-hydrogen) atoms. The van der Waals surface area contributed by atoms with Crippen LogP contribution < -0.4 is 14.4 Å². The van der Waals surface area contributed by atoms with Crippen molar-refractivity contribution in [2.75, 3.05) is 29.5 Å². The van der Waals surface area contributed by atoms with Gasteiger partial charge in [0.05, 0.1) is 31.2 Å². The topological polar surface area (TPSA) is 102 Å². The summed E-state index contributed by atoms with van der Waals surface area (Å²) in [4.78, 5) is 26.6. The average molecular weight is 465 g/mol. The highest BCUT2D eigenvalue weighted by atomic mass is 32.2. The third-order valence-corrected chi connectivity index (χ3v) is 7.83. The first-order chi connectivity index (χ1) is 14.7. The van der Waals surface area contributed by atoms with E-state index < -0.39 is 28.0 Å². The van der Waals surface area contributed by atoms with E-state index in [1.165, 1.54) is 22.8 Å². The van der Waals surface area contributed by atoms with Gasteiger partial charge < -0.3 is 14.8 Å². The summed E-state index contributed by atoms with van der Waals surface area (Å²) >= 11 is 1.37. The molecular formula is C21H24N2O6S2. The number of hydrogen-bond donors (Lipinski definition) is 1. The number of nitrogens with zero attached hydrogens (tertiary/aromatic N) is 1. The number of esters is 1. The number of hydrogen-bond acceptors (Lipinski definition) is 7. The molecule has 0 spiro atoms. The van der Waals surface area contributed by atoms with Crippen molar-refractivity contribution in [1.82, 2.24) is 0 Å². The Kier molecular flexibility index (Phi) is 5.69. The van der Waals surface area contributed by atoms with Crippen LogP contribution in [0.25, 0.3) is 0 Å². The summed E-state index contributed by atoms with van der Waals surface area (Å²) in [5.41, 5.74) is 2.61. The SMILES string of the molecule is COC(=O)c1c(NC(=O)C2CN(S(C)(=O)=O)c3cc(C)ccc3O2)sc2c1CCCC2. The standard InChI is InChI=1S/C21H24N2O6S2/c1-12-8-9-15-14(10-12)23(31(3,26)27)11-16(29-15)19(24)22-20-18(21(25)28-2)13-6-4-5-7-17(13)30-20/h8-10,16H,4-7,11H2,1-3H3,(H,22,24). The van der Waals surface area contributed by atoms with Gasteiger partial charge >= 0.3 is 5.97 Å². The number of anilines is 2. The summed E-state index contributed by atoms with van der Waals surface area (Å²) in [5.74, 6) is -0.678. The van der Waals surface area contributed by atoms with Gasteiger partial charge in [0, 0.05) is 4.88 Å². The van der Waals surface area contributed by atoms with E-state index >= 15 is 0 Å². The summed E-state index contributed by atoms with van der Waals surface area (Å²) < 4.78 is 36.7. The van der Waals surface area contributed by atoms with Gasteiger partial charge in [0.2, 0.25) is 10.0 Å². The van der Waals surface area contributed by atoms with E-state index in [-0.39, 0.29) is 6.54 Å². The molecule has 0 saturated carbocycles. The number of aryl methyl sites for hydroxylation is 2. The number of nitrogens with one attached hydrogen (secondary N) is 1. The second kappa shape index (κ2) is 8.16. The van der Waals surface area contributed by atoms with E-state index in [9.17, 15) is 18.0 Å². The van der Waals surface area contributed by atoms with E-state index in [2.05, 4.69) is 5.32 Å². The number of carbonyl (C=O) groups excluding carboxylic acids is 2. The van der Waals surface area contributed by atoms with Crippen LogP contribution in [0.5, 0.6) is 5.75 Å². The molecule has 0 bridgehead atoms. The molecule has 1 amide bonds. The highest BCUT2D eigenvalue weighted by Crippen LogP contribution is 2.40. The van der Waals surface area contributed by atoms with E-state index in [0.29, 0.717) is 22.0 Å². The molecule has 8 nitrogen and oxygen atoms in total. The summed E-state index contributed by atoms with van der Waals surface area (Å²) in [6.07, 6.45) is 3.67. The molecule has 0 fully saturated rings. The Balaban J connectivity index is 1.65. The maximum absolute atomic E-state index is 13.1. The van der Waals surface area contributed by atoms with Crippen LogP contribution in [0.2, 0.25) is 0 Å². The van der Waals surface area contributed by atoms with Crippen LogP contribution in [0.3, 0.4) is 0 Å². The lowest BCUT2D eigenvalue weighted by atomic mass is 9.95. The first kappa shape index (κ1) is 21.6. The van der Waals surface area contributed by atoms with Crippen molar-refractivity contribution in [1.29, 1.82) is 0 Å². The molecule has 10 heteroatoms. The van der Waals surface area contributed by atoms with Gasteiger partial charge in [-0.05, 0) is 55.9 Å². The highest BCUT2D eigenvalue weighted by Gasteiger charge is 2.36. The van der Waals surface area contributed by atoms with Crippen molar-refractivity contribution >= 4 is 43.9 Å². The minimum absolute atomic E-state index is 0.153. The summed E-state index contributed by atoms with van der Waals surface area (Å²) in [6.45, 7) is 1.70. The predicted octanol–water partition coefficient (Wildman–Crippen LogP) is 2.89. The van der Waals surface area contributed by atoms with Crippen LogP contribution in [-0.2, 0) is 32.4 Å². The Morgan fingerprint density at radius 2 is 2.00 bits per heavy atom. The van der Waals surface area contributed by atoms with Crippen LogP contribution in [0, 0.1) is 6.92 Å². The maximum atomic E-state index is 13.1. The second-order valence-corrected chi connectivity index (χ2v) is 10.8. The molecular weight excluding hydrogens is 440 g/mol. The molecule has 4 rings (SSSR count). The molecule has 0 radical (unpaired) electrons. The quantitative estimate of drug-likeness (QED) is 0.698. The molecule has 1 N–H and O–H groups in total. The number of carbonyl (C=O) groups is 2. The van der Waals surface area contributed by atoms with Crippen LogP contribution in [-0.4, -0.2) is 46.3 Å². The fourth-order valence-electron chi connectivity index (χ4n) is 3.98. The Bertz CT molecular complexity index is 1150. The molecule has 2 aliphatic rings. The van der Waals surface area contributed by atoms with Crippen molar-refractivity contribution < 1.29 is 27.5 Å². The van der Waals surface area contributed by atoms with Crippen molar-refractivity contribution in [3.05, 3.63) is 39.8 Å². The lowest BCUT2D eigenvalue weighted by molar-refractivity contribution is -0.122. The summed E-state index contributed by atoms with van der Waals surface area (Å²) in [5, 5.41) is 3.22. The molecule has 2 aromatic rings. The number of methoxy groups -OCH3 is 1. The molecule has 166 valence electrons. The van der Waals surface area contributed by atoms with Crippen molar-refractivity contribution in [3.8, 4) is 5.75 Å². The average Bonchev–Trinajstić information content (AvgIpc) is 3.09. The van der Waals surface area contributed by atoms with Crippen LogP contribution in [0.4, 0.5) is 10.7 Å². The van der Waals surface area contributed by atoms with E-state index in [1.54, 1.807) is 18.2 Å². The molecule has 1 aromatic carbocycles. The third kappa shape index (κ3) is 4.14. The van der Waals surface area contributed by atoms with Gasteiger partial charge in [0.25, 0.3) is 5.91 Å². The highest BCUT2D eigenvalue weighted by molar-refractivity contribution is 7.92. The van der Waals surface area contributed by atoms with Gasteiger partial charge in [0.1, 0.15) is 10.8 Å². The lowest BCUT2D eigenvalue weighted by Gasteiger charge is -2.34. The molecule has 0 saturated heterocycles. The zero-order valence-electron chi connectivity index (χ0n) is 17.6. The predicted molar refractivity (Wildman–Crippen MR) is 119 cm³/mol. The van der Waals surface area contributed by atoms with Gasteiger partial charge in [-0.1, -0.05) is 6.07 Å². The van der Waals surface area contributed by atoms with Crippen molar-refractivity contribution in [2.24, 2.45) is 0 Å². The van der Waals surface area contributed by atoms with Crippen LogP contribution in [0.15, 0.2) is 18.2 Å². The smallest absolute Gasteiger partial charge is 0.341 e. The Morgan fingerprint density at radius 3 is 2.71 bits per heavy atom. The molecule has 2 heterocycles. The third-order valence-electron chi connectivity index (χ3n) is 5.47. The molecule has 1 aliphatic heterocycles. The van der Waals surface area contributed by atoms with Crippen LogP contribution in [0.1, 0.15) is 39.2 Å². The minimum Gasteiger partial charge on any atom is -0.476 e. The van der Waals surface area contributed by atoms with Gasteiger partial charge in [0.15, 0.2) is 6.10 Å². The fraction of sp³-hybridized carbons (Fsp3) is 0.429. The first-order valence-corrected chi connectivity index (χ1v) is 12.6. The van der Waals surface area contributed by atoms with Gasteiger partial charge in [-0.25, -0.2) is 13.2 Å². The largest absolute Gasteiger partial charge is 0.476 e. The monoisotopic (exact) mass is 464 g/mol. The van der Waals surface area contributed by atoms with E-state index in [4.69, 9.17) is 9.47 Å². The number of sulfonamides is 1. The Hall–Kier alpha value is -2.59. The fourth-order valence-corrected chi connectivity index (χ4v) is 6.16. The first-order valence-electron chi connectivity index (χ1n) is 9.97.